The minimum atomic E-state index is -0.186. The van der Waals surface area contributed by atoms with Crippen LogP contribution in [0.15, 0.2) is 54.6 Å². The van der Waals surface area contributed by atoms with Crippen molar-refractivity contribution in [1.29, 1.82) is 0 Å². The van der Waals surface area contributed by atoms with Gasteiger partial charge in [0.05, 0.1) is 6.61 Å². The lowest BCUT2D eigenvalue weighted by Crippen LogP contribution is -2.08. The van der Waals surface area contributed by atoms with Crippen molar-refractivity contribution in [3.8, 4) is 5.75 Å². The SMILES string of the molecule is O=C(CCc1ccc(O)cc1)OCCc1ccccc1. The maximum Gasteiger partial charge on any atom is 0.306 e. The maximum atomic E-state index is 11.6. The van der Waals surface area contributed by atoms with E-state index in [0.717, 1.165) is 12.0 Å². The fourth-order valence-electron chi connectivity index (χ4n) is 1.91. The van der Waals surface area contributed by atoms with Crippen LogP contribution < -0.4 is 0 Å². The number of phenols is 1. The summed E-state index contributed by atoms with van der Waals surface area (Å²) in [5.74, 6) is 0.0493. The van der Waals surface area contributed by atoms with Crippen molar-refractivity contribution in [3.05, 3.63) is 65.7 Å². The molecule has 0 bridgehead atoms. The number of aryl methyl sites for hydroxylation is 1. The summed E-state index contributed by atoms with van der Waals surface area (Å²) >= 11 is 0. The van der Waals surface area contributed by atoms with Gasteiger partial charge >= 0.3 is 5.97 Å². The lowest BCUT2D eigenvalue weighted by atomic mass is 10.1. The fraction of sp³-hybridized carbons (Fsp3) is 0.235. The van der Waals surface area contributed by atoms with E-state index in [0.29, 0.717) is 19.4 Å². The number of esters is 1. The molecular formula is C17H18O3. The summed E-state index contributed by atoms with van der Waals surface area (Å²) < 4.78 is 5.20. The molecule has 0 spiro atoms. The molecule has 3 heteroatoms. The van der Waals surface area contributed by atoms with E-state index in [2.05, 4.69) is 0 Å². The predicted molar refractivity (Wildman–Crippen MR) is 77.5 cm³/mol. The van der Waals surface area contributed by atoms with E-state index in [1.807, 2.05) is 42.5 Å². The number of aromatic hydroxyl groups is 1. The van der Waals surface area contributed by atoms with Crippen LogP contribution in [0.3, 0.4) is 0 Å². The lowest BCUT2D eigenvalue weighted by Gasteiger charge is -2.05. The van der Waals surface area contributed by atoms with Crippen molar-refractivity contribution in [2.75, 3.05) is 6.61 Å². The van der Waals surface area contributed by atoms with E-state index in [-0.39, 0.29) is 11.7 Å². The monoisotopic (exact) mass is 270 g/mol. The molecular weight excluding hydrogens is 252 g/mol. The first-order valence-electron chi connectivity index (χ1n) is 6.71. The Balaban J connectivity index is 1.67. The zero-order valence-electron chi connectivity index (χ0n) is 11.3. The molecule has 0 unspecified atom stereocenters. The molecule has 0 aliphatic heterocycles. The molecule has 20 heavy (non-hydrogen) atoms. The highest BCUT2D eigenvalue weighted by molar-refractivity contribution is 5.69. The van der Waals surface area contributed by atoms with Gasteiger partial charge in [-0.15, -0.1) is 0 Å². The topological polar surface area (TPSA) is 46.5 Å². The van der Waals surface area contributed by atoms with Crippen molar-refractivity contribution < 1.29 is 14.6 Å². The van der Waals surface area contributed by atoms with Gasteiger partial charge in [0.25, 0.3) is 0 Å². The molecule has 2 aromatic rings. The Kier molecular flexibility index (Phi) is 5.18. The van der Waals surface area contributed by atoms with Crippen LogP contribution in [-0.4, -0.2) is 17.7 Å². The van der Waals surface area contributed by atoms with Crippen LogP contribution in [0.1, 0.15) is 17.5 Å². The summed E-state index contributed by atoms with van der Waals surface area (Å²) in [7, 11) is 0. The Bertz CT molecular complexity index is 532. The first-order valence-corrected chi connectivity index (χ1v) is 6.71. The number of hydrogen-bond acceptors (Lipinski definition) is 3. The second-order valence-corrected chi connectivity index (χ2v) is 4.62. The molecule has 0 saturated carbocycles. The van der Waals surface area contributed by atoms with Gasteiger partial charge in [-0.25, -0.2) is 0 Å². The Morgan fingerprint density at radius 3 is 2.25 bits per heavy atom. The van der Waals surface area contributed by atoms with Gasteiger partial charge in [0, 0.05) is 12.8 Å². The molecule has 0 saturated heterocycles. The number of phenolic OH excluding ortho intramolecular Hbond substituents is 1. The van der Waals surface area contributed by atoms with Gasteiger partial charge in [-0.1, -0.05) is 42.5 Å². The van der Waals surface area contributed by atoms with E-state index in [9.17, 15) is 4.79 Å². The van der Waals surface area contributed by atoms with E-state index in [1.54, 1.807) is 12.1 Å². The first-order chi connectivity index (χ1) is 9.74. The van der Waals surface area contributed by atoms with Gasteiger partial charge in [-0.3, -0.25) is 4.79 Å². The predicted octanol–water partition coefficient (Wildman–Crippen LogP) is 3.11. The highest BCUT2D eigenvalue weighted by Gasteiger charge is 2.04. The molecule has 1 N–H and O–H groups in total. The van der Waals surface area contributed by atoms with E-state index >= 15 is 0 Å². The van der Waals surface area contributed by atoms with E-state index < -0.39 is 0 Å². The number of rotatable bonds is 6. The van der Waals surface area contributed by atoms with Gasteiger partial charge in [0.1, 0.15) is 5.75 Å². The van der Waals surface area contributed by atoms with E-state index in [4.69, 9.17) is 9.84 Å². The molecule has 0 aliphatic carbocycles. The van der Waals surface area contributed by atoms with Gasteiger partial charge in [0.15, 0.2) is 0 Å². The molecule has 0 fully saturated rings. The summed E-state index contributed by atoms with van der Waals surface area (Å²) in [4.78, 5) is 11.6. The van der Waals surface area contributed by atoms with Crippen LogP contribution in [0.5, 0.6) is 5.75 Å². The van der Waals surface area contributed by atoms with Gasteiger partial charge < -0.3 is 9.84 Å². The Morgan fingerprint density at radius 1 is 0.900 bits per heavy atom. The minimum absolute atomic E-state index is 0.186. The third kappa shape index (κ3) is 4.76. The van der Waals surface area contributed by atoms with Crippen LogP contribution >= 0.6 is 0 Å². The molecule has 0 aromatic heterocycles. The third-order valence-corrected chi connectivity index (χ3v) is 3.05. The standard InChI is InChI=1S/C17H18O3/c18-16-9-6-15(7-10-16)8-11-17(19)20-13-12-14-4-2-1-3-5-14/h1-7,9-10,18H,8,11-13H2. The molecule has 104 valence electrons. The molecule has 0 aliphatic rings. The molecule has 3 nitrogen and oxygen atoms in total. The second kappa shape index (κ2) is 7.34. The van der Waals surface area contributed by atoms with Crippen LogP contribution in [0.2, 0.25) is 0 Å². The number of carbonyl (C=O) groups excluding carboxylic acids is 1. The van der Waals surface area contributed by atoms with Gasteiger partial charge in [-0.05, 0) is 29.7 Å². The normalized spacial score (nSPS) is 10.2. The Hall–Kier alpha value is -2.29. The summed E-state index contributed by atoms with van der Waals surface area (Å²) in [5, 5.41) is 9.17. The van der Waals surface area contributed by atoms with Crippen LogP contribution in [0.4, 0.5) is 0 Å². The molecule has 0 heterocycles. The molecule has 0 radical (unpaired) electrons. The number of benzene rings is 2. The number of carbonyl (C=O) groups is 1. The smallest absolute Gasteiger partial charge is 0.306 e. The van der Waals surface area contributed by atoms with Crippen molar-refractivity contribution >= 4 is 5.97 Å². The number of hydrogen-bond donors (Lipinski definition) is 1. The summed E-state index contributed by atoms with van der Waals surface area (Å²) in [6, 6.07) is 16.8. The fourth-order valence-corrected chi connectivity index (χ4v) is 1.91. The van der Waals surface area contributed by atoms with Crippen LogP contribution in [0, 0.1) is 0 Å². The highest BCUT2D eigenvalue weighted by atomic mass is 16.5. The first kappa shape index (κ1) is 14.1. The average Bonchev–Trinajstić information content (AvgIpc) is 2.48. The summed E-state index contributed by atoms with van der Waals surface area (Å²) in [6.45, 7) is 0.415. The van der Waals surface area contributed by atoms with Crippen molar-refractivity contribution in [2.45, 2.75) is 19.3 Å². The summed E-state index contributed by atoms with van der Waals surface area (Å²) in [6.07, 6.45) is 1.73. The number of ether oxygens (including phenoxy) is 1. The second-order valence-electron chi connectivity index (χ2n) is 4.62. The van der Waals surface area contributed by atoms with Crippen molar-refractivity contribution in [3.63, 3.8) is 0 Å². The average molecular weight is 270 g/mol. The Morgan fingerprint density at radius 2 is 1.55 bits per heavy atom. The lowest BCUT2D eigenvalue weighted by molar-refractivity contribution is -0.143. The maximum absolute atomic E-state index is 11.6. The molecule has 0 amide bonds. The zero-order valence-corrected chi connectivity index (χ0v) is 11.3. The van der Waals surface area contributed by atoms with Crippen LogP contribution in [-0.2, 0) is 22.4 Å². The highest BCUT2D eigenvalue weighted by Crippen LogP contribution is 2.11. The minimum Gasteiger partial charge on any atom is -0.508 e. The molecule has 2 aromatic carbocycles. The molecule has 0 atom stereocenters. The van der Waals surface area contributed by atoms with Gasteiger partial charge in [-0.2, -0.15) is 0 Å². The van der Waals surface area contributed by atoms with Crippen LogP contribution in [0.25, 0.3) is 0 Å². The quantitative estimate of drug-likeness (QED) is 0.820. The third-order valence-electron chi connectivity index (χ3n) is 3.05. The van der Waals surface area contributed by atoms with Crippen molar-refractivity contribution in [2.24, 2.45) is 0 Å². The largest absolute Gasteiger partial charge is 0.508 e. The van der Waals surface area contributed by atoms with Gasteiger partial charge in [0.2, 0.25) is 0 Å². The zero-order chi connectivity index (χ0) is 14.2. The van der Waals surface area contributed by atoms with E-state index in [1.165, 1.54) is 5.56 Å². The Labute approximate surface area is 118 Å². The molecule has 2 rings (SSSR count). The van der Waals surface area contributed by atoms with Crippen molar-refractivity contribution in [1.82, 2.24) is 0 Å². The summed E-state index contributed by atoms with van der Waals surface area (Å²) in [5.41, 5.74) is 2.18.